The molecule has 3 aromatic heterocycles. The van der Waals surface area contributed by atoms with Gasteiger partial charge in [-0.3, -0.25) is 0 Å². The minimum atomic E-state index is 0.708. The molecular formula is C52H32N2S2. The van der Waals surface area contributed by atoms with Gasteiger partial charge in [-0.1, -0.05) is 146 Å². The molecule has 0 aliphatic heterocycles. The van der Waals surface area contributed by atoms with Crippen LogP contribution in [0.5, 0.6) is 0 Å². The molecule has 0 radical (unpaired) electrons. The van der Waals surface area contributed by atoms with Crippen LogP contribution in [0.25, 0.3) is 108 Å². The molecule has 0 aliphatic rings. The van der Waals surface area contributed by atoms with Crippen molar-refractivity contribution in [2.75, 3.05) is 0 Å². The minimum absolute atomic E-state index is 0.708. The molecule has 11 aromatic rings. The molecule has 0 atom stereocenters. The lowest BCUT2D eigenvalue weighted by atomic mass is 9.93. The normalized spacial score (nSPS) is 11.6. The van der Waals surface area contributed by atoms with Crippen LogP contribution in [-0.2, 0) is 0 Å². The molecular weight excluding hydrogens is 717 g/mol. The van der Waals surface area contributed by atoms with Crippen LogP contribution in [-0.4, -0.2) is 9.97 Å². The van der Waals surface area contributed by atoms with Gasteiger partial charge in [-0.15, -0.1) is 22.7 Å². The van der Waals surface area contributed by atoms with E-state index in [1.807, 2.05) is 28.7 Å². The molecule has 0 spiro atoms. The zero-order chi connectivity index (χ0) is 37.0. The van der Waals surface area contributed by atoms with E-state index < -0.39 is 0 Å². The fraction of sp³-hybridized carbons (Fsp3) is 0. The summed E-state index contributed by atoms with van der Waals surface area (Å²) in [6.07, 6.45) is 0. The molecule has 3 heterocycles. The third-order valence-corrected chi connectivity index (χ3v) is 13.1. The Labute approximate surface area is 332 Å². The second kappa shape index (κ2) is 13.5. The molecule has 0 saturated heterocycles. The smallest absolute Gasteiger partial charge is 0.160 e. The van der Waals surface area contributed by atoms with Crippen molar-refractivity contribution < 1.29 is 0 Å². The molecule has 0 fully saturated rings. The highest BCUT2D eigenvalue weighted by molar-refractivity contribution is 7.26. The summed E-state index contributed by atoms with van der Waals surface area (Å²) in [4.78, 5) is 10.5. The summed E-state index contributed by atoms with van der Waals surface area (Å²) in [5.74, 6) is 0.708. The Kier molecular flexibility index (Phi) is 7.90. The fourth-order valence-electron chi connectivity index (χ4n) is 7.90. The number of thiophene rings is 2. The van der Waals surface area contributed by atoms with Crippen LogP contribution in [0.15, 0.2) is 194 Å². The predicted molar refractivity (Wildman–Crippen MR) is 240 cm³/mol. The van der Waals surface area contributed by atoms with E-state index >= 15 is 0 Å². The van der Waals surface area contributed by atoms with Gasteiger partial charge in [-0.05, 0) is 81.9 Å². The van der Waals surface area contributed by atoms with Crippen molar-refractivity contribution in [2.45, 2.75) is 0 Å². The van der Waals surface area contributed by atoms with Gasteiger partial charge in [-0.25, -0.2) is 9.97 Å². The molecule has 56 heavy (non-hydrogen) atoms. The zero-order valence-corrected chi connectivity index (χ0v) is 31.8. The monoisotopic (exact) mass is 748 g/mol. The van der Waals surface area contributed by atoms with Gasteiger partial charge in [0, 0.05) is 57.0 Å². The van der Waals surface area contributed by atoms with Gasteiger partial charge < -0.3 is 0 Å². The van der Waals surface area contributed by atoms with E-state index in [0.29, 0.717) is 5.82 Å². The van der Waals surface area contributed by atoms with Crippen molar-refractivity contribution in [1.29, 1.82) is 0 Å². The largest absolute Gasteiger partial charge is 0.228 e. The third-order valence-electron chi connectivity index (χ3n) is 10.7. The summed E-state index contributed by atoms with van der Waals surface area (Å²) in [7, 11) is 0. The number of fused-ring (bicyclic) bond motifs is 6. The average Bonchev–Trinajstić information content (AvgIpc) is 3.85. The first kappa shape index (κ1) is 32.7. The SMILES string of the molecule is c1ccc(-c2ccc(-c3cc(-c4cc(-c5ccc6sc7ccccc7c6c5)nc(-c5ccccc5)n4)cc(-c4cccc5c4sc4ccccc45)c3)cc2)cc1. The van der Waals surface area contributed by atoms with Crippen LogP contribution in [0, 0.1) is 0 Å². The molecule has 2 nitrogen and oxygen atoms in total. The minimum Gasteiger partial charge on any atom is -0.228 e. The molecule has 0 saturated carbocycles. The first-order chi connectivity index (χ1) is 27.7. The van der Waals surface area contributed by atoms with Gasteiger partial charge in [0.1, 0.15) is 0 Å². The van der Waals surface area contributed by atoms with Crippen molar-refractivity contribution in [3.8, 4) is 67.3 Å². The number of nitrogens with zero attached hydrogens (tertiary/aromatic N) is 2. The van der Waals surface area contributed by atoms with Gasteiger partial charge >= 0.3 is 0 Å². The number of benzene rings is 8. The van der Waals surface area contributed by atoms with Gasteiger partial charge in [0.2, 0.25) is 0 Å². The summed E-state index contributed by atoms with van der Waals surface area (Å²) in [6, 6.07) is 69.8. The van der Waals surface area contributed by atoms with Gasteiger partial charge in [0.15, 0.2) is 5.82 Å². The van der Waals surface area contributed by atoms with Crippen LogP contribution in [0.1, 0.15) is 0 Å². The molecule has 0 N–H and O–H groups in total. The molecule has 0 aliphatic carbocycles. The van der Waals surface area contributed by atoms with Crippen molar-refractivity contribution in [2.24, 2.45) is 0 Å². The lowest BCUT2D eigenvalue weighted by Crippen LogP contribution is -1.96. The van der Waals surface area contributed by atoms with Crippen molar-refractivity contribution >= 4 is 63.0 Å². The van der Waals surface area contributed by atoms with E-state index in [1.165, 1.54) is 57.0 Å². The summed E-state index contributed by atoms with van der Waals surface area (Å²) in [5.41, 5.74) is 12.0. The first-order valence-electron chi connectivity index (χ1n) is 18.8. The van der Waals surface area contributed by atoms with E-state index in [1.54, 1.807) is 0 Å². The maximum atomic E-state index is 5.32. The third kappa shape index (κ3) is 5.79. The highest BCUT2D eigenvalue weighted by atomic mass is 32.1. The summed E-state index contributed by atoms with van der Waals surface area (Å²) in [5, 5.41) is 5.11. The summed E-state index contributed by atoms with van der Waals surface area (Å²) < 4.78 is 5.16. The second-order valence-electron chi connectivity index (χ2n) is 14.2. The van der Waals surface area contributed by atoms with E-state index in [-0.39, 0.29) is 0 Å². The van der Waals surface area contributed by atoms with Crippen LogP contribution in [0.3, 0.4) is 0 Å². The summed E-state index contributed by atoms with van der Waals surface area (Å²) in [6.45, 7) is 0. The van der Waals surface area contributed by atoms with Gasteiger partial charge in [0.25, 0.3) is 0 Å². The molecule has 0 amide bonds. The zero-order valence-electron chi connectivity index (χ0n) is 30.2. The van der Waals surface area contributed by atoms with Crippen molar-refractivity contribution in [3.63, 3.8) is 0 Å². The molecule has 0 bridgehead atoms. The maximum Gasteiger partial charge on any atom is 0.160 e. The Morgan fingerprint density at radius 2 is 0.804 bits per heavy atom. The molecule has 8 aromatic carbocycles. The number of hydrogen-bond acceptors (Lipinski definition) is 4. The van der Waals surface area contributed by atoms with Crippen LogP contribution in [0.4, 0.5) is 0 Å². The molecule has 262 valence electrons. The molecule has 0 unspecified atom stereocenters. The van der Waals surface area contributed by atoms with Crippen LogP contribution < -0.4 is 0 Å². The summed E-state index contributed by atoms with van der Waals surface area (Å²) >= 11 is 3.70. The van der Waals surface area contributed by atoms with Crippen molar-refractivity contribution in [1.82, 2.24) is 9.97 Å². The lowest BCUT2D eigenvalue weighted by molar-refractivity contribution is 1.18. The van der Waals surface area contributed by atoms with E-state index in [2.05, 4.69) is 188 Å². The Morgan fingerprint density at radius 1 is 0.286 bits per heavy atom. The quantitative estimate of drug-likeness (QED) is 0.169. The average molecular weight is 749 g/mol. The van der Waals surface area contributed by atoms with Gasteiger partial charge in [0.05, 0.1) is 11.4 Å². The Bertz CT molecular complexity index is 3230. The Hall–Kier alpha value is -6.72. The fourth-order valence-corrected chi connectivity index (χ4v) is 10.2. The predicted octanol–water partition coefficient (Wildman–Crippen LogP) is 15.2. The van der Waals surface area contributed by atoms with Crippen LogP contribution in [0.2, 0.25) is 0 Å². The van der Waals surface area contributed by atoms with E-state index in [4.69, 9.17) is 9.97 Å². The number of hydrogen-bond donors (Lipinski definition) is 0. The highest BCUT2D eigenvalue weighted by Crippen LogP contribution is 2.43. The van der Waals surface area contributed by atoms with Crippen molar-refractivity contribution in [3.05, 3.63) is 194 Å². The van der Waals surface area contributed by atoms with Gasteiger partial charge in [-0.2, -0.15) is 0 Å². The van der Waals surface area contributed by atoms with E-state index in [0.717, 1.165) is 44.8 Å². The maximum absolute atomic E-state index is 5.32. The topological polar surface area (TPSA) is 25.8 Å². The first-order valence-corrected chi connectivity index (χ1v) is 20.4. The number of aromatic nitrogens is 2. The molecule has 4 heteroatoms. The Morgan fingerprint density at radius 3 is 1.55 bits per heavy atom. The second-order valence-corrected chi connectivity index (χ2v) is 16.3. The Balaban J connectivity index is 1.13. The highest BCUT2D eigenvalue weighted by Gasteiger charge is 2.17. The van der Waals surface area contributed by atoms with Crippen LogP contribution >= 0.6 is 22.7 Å². The lowest BCUT2D eigenvalue weighted by Gasteiger charge is -2.14. The van der Waals surface area contributed by atoms with E-state index in [9.17, 15) is 0 Å². The number of rotatable bonds is 6. The standard InChI is InChI=1S/C52H32N2S2/c1-3-12-33(13-4-1)34-22-24-35(25-23-34)38-28-39(41-18-11-19-44-42-16-7-10-21-49(42)56-51(41)44)30-40(29-38)47-32-46(53-52(54-47)36-14-5-2-6-15-36)37-26-27-50-45(31-37)43-17-8-9-20-48(43)55-50/h1-32H. The molecule has 11 rings (SSSR count).